The van der Waals surface area contributed by atoms with Crippen molar-refractivity contribution in [3.05, 3.63) is 43.0 Å². The summed E-state index contributed by atoms with van der Waals surface area (Å²) in [7, 11) is 1.97. The average Bonchev–Trinajstić information content (AvgIpc) is 2.52. The zero-order chi connectivity index (χ0) is 16.2. The Kier molecular flexibility index (Phi) is 8.42. The van der Waals surface area contributed by atoms with Crippen molar-refractivity contribution in [2.45, 2.75) is 19.8 Å². The van der Waals surface area contributed by atoms with Crippen LogP contribution in [0.4, 0.5) is 5.69 Å². The van der Waals surface area contributed by atoms with Crippen LogP contribution in [0.5, 0.6) is 0 Å². The molecule has 5 nitrogen and oxygen atoms in total. The second-order valence-electron chi connectivity index (χ2n) is 4.94. The quantitative estimate of drug-likeness (QED) is 0.336. The average molecular weight is 302 g/mol. The first-order valence-electron chi connectivity index (χ1n) is 7.62. The number of amides is 1. The lowest BCUT2D eigenvalue weighted by Gasteiger charge is -2.21. The maximum Gasteiger partial charge on any atom is 0.246 e. The van der Waals surface area contributed by atoms with E-state index in [1.807, 2.05) is 55.3 Å². The topological polar surface area (TPSA) is 56.7 Å². The van der Waals surface area contributed by atoms with E-state index >= 15 is 0 Å². The monoisotopic (exact) mass is 302 g/mol. The fourth-order valence-corrected chi connectivity index (χ4v) is 1.92. The Hall–Kier alpha value is -2.30. The van der Waals surface area contributed by atoms with E-state index in [0.29, 0.717) is 0 Å². The molecule has 0 aliphatic heterocycles. The Balaban J connectivity index is 2.53. The van der Waals surface area contributed by atoms with Crippen molar-refractivity contribution < 1.29 is 4.79 Å². The van der Waals surface area contributed by atoms with Gasteiger partial charge in [0.1, 0.15) is 6.54 Å². The largest absolute Gasteiger partial charge is 0.357 e. The van der Waals surface area contributed by atoms with Crippen LogP contribution in [-0.4, -0.2) is 43.4 Å². The van der Waals surface area contributed by atoms with Crippen molar-refractivity contribution in [2.24, 2.45) is 4.99 Å². The third-order valence-corrected chi connectivity index (χ3v) is 3.03. The van der Waals surface area contributed by atoms with Crippen molar-refractivity contribution in [3.8, 4) is 0 Å². The summed E-state index contributed by atoms with van der Waals surface area (Å²) in [4.78, 5) is 18.3. The highest BCUT2D eigenvalue weighted by Gasteiger charge is 2.07. The van der Waals surface area contributed by atoms with Crippen LogP contribution in [0.2, 0.25) is 0 Å². The van der Waals surface area contributed by atoms with Gasteiger partial charge in [-0.25, -0.2) is 4.99 Å². The number of carbonyl (C=O) groups excluding carboxylic acids is 1. The Morgan fingerprint density at radius 1 is 1.36 bits per heavy atom. The van der Waals surface area contributed by atoms with Gasteiger partial charge in [-0.1, -0.05) is 24.3 Å². The van der Waals surface area contributed by atoms with Crippen LogP contribution >= 0.6 is 0 Å². The number of aliphatic imine (C=N–C) groups is 1. The number of nitrogens with zero attached hydrogens (tertiary/aromatic N) is 2. The number of allylic oxidation sites excluding steroid dienone is 1. The molecule has 0 unspecified atom stereocenters. The summed E-state index contributed by atoms with van der Waals surface area (Å²) in [6, 6.07) is 9.39. The number of para-hydroxylation sites is 1. The van der Waals surface area contributed by atoms with Crippen LogP contribution in [0, 0.1) is 0 Å². The maximum atomic E-state index is 11.9. The summed E-state index contributed by atoms with van der Waals surface area (Å²) >= 11 is 0. The zero-order valence-corrected chi connectivity index (χ0v) is 13.5. The predicted molar refractivity (Wildman–Crippen MR) is 93.1 cm³/mol. The number of guanidine groups is 1. The summed E-state index contributed by atoms with van der Waals surface area (Å²) in [6.07, 6.45) is 3.89. The summed E-state index contributed by atoms with van der Waals surface area (Å²) in [5.74, 6) is 0.621. The van der Waals surface area contributed by atoms with Gasteiger partial charge in [-0.05, 0) is 31.9 Å². The highest BCUT2D eigenvalue weighted by molar-refractivity contribution is 5.94. The summed E-state index contributed by atoms with van der Waals surface area (Å²) in [5.41, 5.74) is 0.784. The van der Waals surface area contributed by atoms with E-state index in [0.717, 1.165) is 37.6 Å². The molecule has 0 spiro atoms. The molecule has 0 bridgehead atoms. The molecular weight excluding hydrogens is 276 g/mol. The second kappa shape index (κ2) is 10.4. The van der Waals surface area contributed by atoms with Crippen LogP contribution in [0.1, 0.15) is 19.8 Å². The summed E-state index contributed by atoms with van der Waals surface area (Å²) in [5, 5.41) is 6.02. The Labute approximate surface area is 133 Å². The molecule has 0 radical (unpaired) electrons. The first kappa shape index (κ1) is 17.8. The van der Waals surface area contributed by atoms with Gasteiger partial charge in [0.15, 0.2) is 5.96 Å². The molecule has 5 heteroatoms. The van der Waals surface area contributed by atoms with Crippen LogP contribution in [0.25, 0.3) is 0 Å². The predicted octanol–water partition coefficient (Wildman–Crippen LogP) is 2.49. The molecule has 0 saturated carbocycles. The standard InChI is InChI=1S/C17H26N4O/c1-4-6-10-13-21(3)17(18-5-2)19-14-16(22)20-15-11-8-7-9-12-15/h4,7-9,11-12H,1,5-6,10,13-14H2,2-3H3,(H,18,19)(H,20,22). The normalized spacial score (nSPS) is 10.9. The van der Waals surface area contributed by atoms with Gasteiger partial charge in [0.25, 0.3) is 0 Å². The molecule has 1 amide bonds. The molecule has 0 atom stereocenters. The molecule has 0 aliphatic rings. The van der Waals surface area contributed by atoms with Crippen molar-refractivity contribution in [2.75, 3.05) is 32.0 Å². The van der Waals surface area contributed by atoms with Crippen molar-refractivity contribution in [3.63, 3.8) is 0 Å². The molecule has 0 fully saturated rings. The van der Waals surface area contributed by atoms with E-state index in [2.05, 4.69) is 22.2 Å². The lowest BCUT2D eigenvalue weighted by atomic mass is 10.3. The molecule has 2 N–H and O–H groups in total. The maximum absolute atomic E-state index is 11.9. The van der Waals surface area contributed by atoms with Gasteiger partial charge in [-0.15, -0.1) is 6.58 Å². The van der Waals surface area contributed by atoms with Crippen LogP contribution in [0.15, 0.2) is 48.0 Å². The minimum Gasteiger partial charge on any atom is -0.357 e. The second-order valence-corrected chi connectivity index (χ2v) is 4.94. The molecular formula is C17H26N4O. The highest BCUT2D eigenvalue weighted by Crippen LogP contribution is 2.04. The smallest absolute Gasteiger partial charge is 0.246 e. The lowest BCUT2D eigenvalue weighted by molar-refractivity contribution is -0.114. The molecule has 0 heterocycles. The third-order valence-electron chi connectivity index (χ3n) is 3.03. The van der Waals surface area contributed by atoms with E-state index in [1.165, 1.54) is 0 Å². The molecule has 0 saturated heterocycles. The number of benzene rings is 1. The molecule has 120 valence electrons. The van der Waals surface area contributed by atoms with E-state index < -0.39 is 0 Å². The van der Waals surface area contributed by atoms with E-state index in [-0.39, 0.29) is 12.5 Å². The van der Waals surface area contributed by atoms with Gasteiger partial charge in [0.05, 0.1) is 0 Å². The minimum atomic E-state index is -0.124. The first-order valence-corrected chi connectivity index (χ1v) is 7.62. The number of unbranched alkanes of at least 4 members (excludes halogenated alkanes) is 1. The van der Waals surface area contributed by atoms with Gasteiger partial charge >= 0.3 is 0 Å². The molecule has 1 aromatic carbocycles. The lowest BCUT2D eigenvalue weighted by Crippen LogP contribution is -2.40. The van der Waals surface area contributed by atoms with E-state index in [9.17, 15) is 4.79 Å². The van der Waals surface area contributed by atoms with Crippen LogP contribution in [0.3, 0.4) is 0 Å². The zero-order valence-electron chi connectivity index (χ0n) is 13.5. The number of hydrogen-bond acceptors (Lipinski definition) is 2. The molecule has 0 aliphatic carbocycles. The van der Waals surface area contributed by atoms with Crippen molar-refractivity contribution in [1.82, 2.24) is 10.2 Å². The molecule has 1 aromatic rings. The Bertz CT molecular complexity index is 485. The highest BCUT2D eigenvalue weighted by atomic mass is 16.1. The number of carbonyl (C=O) groups is 1. The first-order chi connectivity index (χ1) is 10.7. The van der Waals surface area contributed by atoms with E-state index in [1.54, 1.807) is 0 Å². The van der Waals surface area contributed by atoms with Crippen LogP contribution < -0.4 is 10.6 Å². The molecule has 0 aromatic heterocycles. The van der Waals surface area contributed by atoms with E-state index in [4.69, 9.17) is 0 Å². The summed E-state index contributed by atoms with van der Waals surface area (Å²) < 4.78 is 0. The number of anilines is 1. The fourth-order valence-electron chi connectivity index (χ4n) is 1.92. The number of hydrogen-bond donors (Lipinski definition) is 2. The minimum absolute atomic E-state index is 0.100. The van der Waals surface area contributed by atoms with Gasteiger partial charge in [-0.3, -0.25) is 4.79 Å². The van der Waals surface area contributed by atoms with Crippen molar-refractivity contribution in [1.29, 1.82) is 0 Å². The van der Waals surface area contributed by atoms with Gasteiger partial charge in [0, 0.05) is 25.8 Å². The van der Waals surface area contributed by atoms with Crippen molar-refractivity contribution >= 4 is 17.6 Å². The van der Waals surface area contributed by atoms with Gasteiger partial charge in [0.2, 0.25) is 5.91 Å². The Morgan fingerprint density at radius 3 is 2.73 bits per heavy atom. The van der Waals surface area contributed by atoms with Gasteiger partial charge in [-0.2, -0.15) is 0 Å². The number of nitrogens with one attached hydrogen (secondary N) is 2. The van der Waals surface area contributed by atoms with Gasteiger partial charge < -0.3 is 15.5 Å². The third kappa shape index (κ3) is 6.92. The Morgan fingerprint density at radius 2 is 2.09 bits per heavy atom. The fraction of sp³-hybridized carbons (Fsp3) is 0.412. The number of rotatable bonds is 8. The molecule has 1 rings (SSSR count). The summed E-state index contributed by atoms with van der Waals surface area (Å²) in [6.45, 7) is 7.47. The SMILES string of the molecule is C=CCCCN(C)C(=NCC(=O)Nc1ccccc1)NCC. The molecule has 22 heavy (non-hydrogen) atoms. The van der Waals surface area contributed by atoms with Crippen LogP contribution in [-0.2, 0) is 4.79 Å².